The number of rotatable bonds is 9. The van der Waals surface area contributed by atoms with Gasteiger partial charge in [-0.1, -0.05) is 37.3 Å². The van der Waals surface area contributed by atoms with Crippen molar-refractivity contribution in [3.8, 4) is 0 Å². The number of nitrogens with one attached hydrogen (secondary N) is 1. The fourth-order valence-electron chi connectivity index (χ4n) is 4.33. The van der Waals surface area contributed by atoms with E-state index in [9.17, 15) is 14.4 Å². The fraction of sp³-hybridized carbons (Fsp3) is 0.440. The third-order valence-corrected chi connectivity index (χ3v) is 5.89. The Bertz CT molecular complexity index is 1260. The minimum atomic E-state index is -1.04. The molecule has 2 aromatic heterocycles. The molecule has 0 spiro atoms. The van der Waals surface area contributed by atoms with Crippen LogP contribution in [0, 0.1) is 0 Å². The molecule has 4 rings (SSSR count). The molecule has 37 heavy (non-hydrogen) atoms. The van der Waals surface area contributed by atoms with E-state index in [1.165, 1.54) is 33.4 Å². The molecule has 0 bridgehead atoms. The normalized spacial score (nSPS) is 21.8. The zero-order valence-corrected chi connectivity index (χ0v) is 21.0. The average Bonchev–Trinajstić information content (AvgIpc) is 3.43. The summed E-state index contributed by atoms with van der Waals surface area (Å²) >= 11 is 0. The minimum Gasteiger partial charge on any atom is -0.463 e. The molecule has 0 amide bonds. The standard InChI is InChI=1S/C25H29N5O7/c1-5-18(17-9-7-6-8-10-17)29-23-20-24(27-12-26-23)30(13-28-20)25-22(36-16(4)33)21(35-15(3)32)19(37-25)11-34-14(2)31/h6-10,12-13,18-19,21-22,25H,5,11H2,1-4H3,(H,26,27,29)/t18-,19+,21-,22?,25+/m0/s1. The third kappa shape index (κ3) is 5.85. The molecule has 0 saturated carbocycles. The highest BCUT2D eigenvalue weighted by molar-refractivity contribution is 5.83. The molecule has 3 heterocycles. The molecule has 0 radical (unpaired) electrons. The summed E-state index contributed by atoms with van der Waals surface area (Å²) in [6, 6.07) is 9.96. The summed E-state index contributed by atoms with van der Waals surface area (Å²) in [6.45, 7) is 5.59. The first-order chi connectivity index (χ1) is 17.8. The highest BCUT2D eigenvalue weighted by Gasteiger charge is 2.51. The van der Waals surface area contributed by atoms with Crippen LogP contribution in [0.4, 0.5) is 5.82 Å². The molecule has 3 aromatic rings. The maximum atomic E-state index is 12.0. The summed E-state index contributed by atoms with van der Waals surface area (Å²) in [5.41, 5.74) is 1.99. The molecule has 196 valence electrons. The van der Waals surface area contributed by atoms with Crippen molar-refractivity contribution < 1.29 is 33.3 Å². The first-order valence-corrected chi connectivity index (χ1v) is 11.9. The molecular formula is C25H29N5O7. The van der Waals surface area contributed by atoms with Crippen LogP contribution in [0.2, 0.25) is 0 Å². The van der Waals surface area contributed by atoms with Crippen molar-refractivity contribution in [3.63, 3.8) is 0 Å². The second kappa shape index (κ2) is 11.3. The van der Waals surface area contributed by atoms with Crippen molar-refractivity contribution in [2.45, 2.75) is 64.7 Å². The molecule has 12 heteroatoms. The van der Waals surface area contributed by atoms with Gasteiger partial charge in [0.15, 0.2) is 35.4 Å². The quantitative estimate of drug-likeness (QED) is 0.334. The molecule has 1 saturated heterocycles. The summed E-state index contributed by atoms with van der Waals surface area (Å²) in [4.78, 5) is 48.5. The summed E-state index contributed by atoms with van der Waals surface area (Å²) in [7, 11) is 0. The van der Waals surface area contributed by atoms with Gasteiger partial charge >= 0.3 is 17.9 Å². The molecule has 12 nitrogen and oxygen atoms in total. The van der Waals surface area contributed by atoms with E-state index in [4.69, 9.17) is 18.9 Å². The number of benzene rings is 1. The third-order valence-electron chi connectivity index (χ3n) is 5.89. The average molecular weight is 512 g/mol. The lowest BCUT2D eigenvalue weighted by Crippen LogP contribution is -2.40. The van der Waals surface area contributed by atoms with Crippen LogP contribution in [0.3, 0.4) is 0 Å². The van der Waals surface area contributed by atoms with Crippen molar-refractivity contribution in [1.29, 1.82) is 0 Å². The van der Waals surface area contributed by atoms with Crippen LogP contribution in [0.1, 0.15) is 51.9 Å². The molecule has 1 N–H and O–H groups in total. The zero-order chi connectivity index (χ0) is 26.5. The lowest BCUT2D eigenvalue weighted by Gasteiger charge is -2.23. The number of fused-ring (bicyclic) bond motifs is 1. The van der Waals surface area contributed by atoms with Crippen LogP contribution in [-0.4, -0.2) is 62.3 Å². The summed E-state index contributed by atoms with van der Waals surface area (Å²) < 4.78 is 23.8. The van der Waals surface area contributed by atoms with Gasteiger partial charge in [0.25, 0.3) is 0 Å². The number of carbonyl (C=O) groups excluding carboxylic acids is 3. The monoisotopic (exact) mass is 511 g/mol. The van der Waals surface area contributed by atoms with E-state index < -0.39 is 42.4 Å². The highest BCUT2D eigenvalue weighted by Crippen LogP contribution is 2.36. The Kier molecular flexibility index (Phi) is 7.97. The second-order valence-electron chi connectivity index (χ2n) is 8.58. The Morgan fingerprint density at radius 2 is 1.70 bits per heavy atom. The number of imidazole rings is 1. The lowest BCUT2D eigenvalue weighted by atomic mass is 10.0. The number of carbonyl (C=O) groups is 3. The van der Waals surface area contributed by atoms with Crippen molar-refractivity contribution >= 4 is 34.9 Å². The maximum Gasteiger partial charge on any atom is 0.303 e. The van der Waals surface area contributed by atoms with Gasteiger partial charge in [-0.3, -0.25) is 19.0 Å². The molecule has 1 aliphatic rings. The van der Waals surface area contributed by atoms with Crippen molar-refractivity contribution in [3.05, 3.63) is 48.5 Å². The van der Waals surface area contributed by atoms with Gasteiger partial charge in [0, 0.05) is 20.8 Å². The van der Waals surface area contributed by atoms with Crippen LogP contribution in [0.15, 0.2) is 43.0 Å². The first kappa shape index (κ1) is 26.0. The number of nitrogens with zero attached hydrogens (tertiary/aromatic N) is 4. The van der Waals surface area contributed by atoms with Crippen LogP contribution < -0.4 is 5.32 Å². The second-order valence-corrected chi connectivity index (χ2v) is 8.58. The molecule has 1 unspecified atom stereocenters. The number of ether oxygens (including phenoxy) is 4. The van der Waals surface area contributed by atoms with Gasteiger partial charge < -0.3 is 24.3 Å². The van der Waals surface area contributed by atoms with Crippen LogP contribution in [-0.2, 0) is 33.3 Å². The van der Waals surface area contributed by atoms with Crippen molar-refractivity contribution in [2.75, 3.05) is 11.9 Å². The Morgan fingerprint density at radius 3 is 2.35 bits per heavy atom. The molecule has 1 aromatic carbocycles. The van der Waals surface area contributed by atoms with Gasteiger partial charge in [0.2, 0.25) is 0 Å². The highest BCUT2D eigenvalue weighted by atomic mass is 16.7. The topological polar surface area (TPSA) is 144 Å². The van der Waals surface area contributed by atoms with Gasteiger partial charge in [-0.15, -0.1) is 0 Å². The van der Waals surface area contributed by atoms with Gasteiger partial charge in [-0.2, -0.15) is 0 Å². The molecule has 5 atom stereocenters. The largest absolute Gasteiger partial charge is 0.463 e. The first-order valence-electron chi connectivity index (χ1n) is 11.9. The van der Waals surface area contributed by atoms with Gasteiger partial charge in [-0.25, -0.2) is 15.0 Å². The van der Waals surface area contributed by atoms with Crippen LogP contribution in [0.25, 0.3) is 11.2 Å². The summed E-state index contributed by atoms with van der Waals surface area (Å²) in [5.74, 6) is -1.21. The SMILES string of the molecule is CC[C@H](Nc1ncnc2c1ncn2[C@@H]1O[C@H](COC(C)=O)[C@H](OC(C)=O)C1OC(C)=O)c1ccccc1. The number of hydrogen-bond acceptors (Lipinski definition) is 11. The van der Waals surface area contributed by atoms with E-state index >= 15 is 0 Å². The zero-order valence-electron chi connectivity index (χ0n) is 21.0. The lowest BCUT2D eigenvalue weighted by molar-refractivity contribution is -0.166. The minimum absolute atomic E-state index is 0.0116. The van der Waals surface area contributed by atoms with Crippen molar-refractivity contribution in [2.24, 2.45) is 0 Å². The summed E-state index contributed by atoms with van der Waals surface area (Å²) in [5, 5.41) is 3.43. The van der Waals surface area contributed by atoms with E-state index in [0.29, 0.717) is 17.0 Å². The smallest absolute Gasteiger partial charge is 0.303 e. The van der Waals surface area contributed by atoms with E-state index in [-0.39, 0.29) is 12.6 Å². The Morgan fingerprint density at radius 1 is 1.00 bits per heavy atom. The number of anilines is 1. The van der Waals surface area contributed by atoms with E-state index in [2.05, 4.69) is 27.2 Å². The van der Waals surface area contributed by atoms with Crippen LogP contribution in [0.5, 0.6) is 0 Å². The molecule has 0 aliphatic carbocycles. The van der Waals surface area contributed by atoms with Crippen molar-refractivity contribution in [1.82, 2.24) is 19.5 Å². The van der Waals surface area contributed by atoms with E-state index in [0.717, 1.165) is 12.0 Å². The Balaban J connectivity index is 1.69. The van der Waals surface area contributed by atoms with Crippen LogP contribution >= 0.6 is 0 Å². The Hall–Kier alpha value is -4.06. The summed E-state index contributed by atoms with van der Waals surface area (Å²) in [6.07, 6.45) is -0.217. The molecular weight excluding hydrogens is 482 g/mol. The predicted octanol–water partition coefficient (Wildman–Crippen LogP) is 2.71. The number of hydrogen-bond donors (Lipinski definition) is 1. The van der Waals surface area contributed by atoms with E-state index in [1.54, 1.807) is 4.57 Å². The molecule has 1 fully saturated rings. The number of esters is 3. The maximum absolute atomic E-state index is 12.0. The van der Waals surface area contributed by atoms with Gasteiger partial charge in [0.1, 0.15) is 19.0 Å². The predicted molar refractivity (Wildman–Crippen MR) is 130 cm³/mol. The number of aromatic nitrogens is 4. The van der Waals surface area contributed by atoms with Gasteiger partial charge in [-0.05, 0) is 12.0 Å². The Labute approximate surface area is 213 Å². The van der Waals surface area contributed by atoms with E-state index in [1.807, 2.05) is 30.3 Å². The molecule has 1 aliphatic heterocycles. The van der Waals surface area contributed by atoms with Gasteiger partial charge in [0.05, 0.1) is 12.4 Å². The fourth-order valence-corrected chi connectivity index (χ4v) is 4.33.